The Labute approximate surface area is 182 Å². The van der Waals surface area contributed by atoms with Gasteiger partial charge >= 0.3 is 6.09 Å². The maximum absolute atomic E-state index is 13.9. The van der Waals surface area contributed by atoms with Crippen LogP contribution in [0.25, 0.3) is 0 Å². The molecule has 1 N–H and O–H groups in total. The summed E-state index contributed by atoms with van der Waals surface area (Å²) in [6.07, 6.45) is 3.72. The molecule has 7 nitrogen and oxygen atoms in total. The Bertz CT molecular complexity index is 853. The number of benzene rings is 1. The van der Waals surface area contributed by atoms with E-state index >= 15 is 0 Å². The molecule has 168 valence electrons. The number of nitrogens with one attached hydrogen (secondary N) is 1. The molecular formula is C23H30FN3O4. The molecule has 1 saturated carbocycles. The van der Waals surface area contributed by atoms with Gasteiger partial charge in [-0.2, -0.15) is 5.26 Å². The van der Waals surface area contributed by atoms with Crippen LogP contribution >= 0.6 is 0 Å². The quantitative estimate of drug-likeness (QED) is 0.764. The van der Waals surface area contributed by atoms with E-state index in [0.717, 1.165) is 25.7 Å². The zero-order valence-corrected chi connectivity index (χ0v) is 18.3. The van der Waals surface area contributed by atoms with Gasteiger partial charge in [0.15, 0.2) is 0 Å². The Morgan fingerprint density at radius 2 is 1.94 bits per heavy atom. The molecule has 1 aromatic carbocycles. The smallest absolute Gasteiger partial charge is 0.407 e. The van der Waals surface area contributed by atoms with Crippen molar-refractivity contribution in [1.29, 1.82) is 5.26 Å². The van der Waals surface area contributed by atoms with Gasteiger partial charge in [0.05, 0.1) is 24.3 Å². The van der Waals surface area contributed by atoms with Gasteiger partial charge in [0.25, 0.3) is 0 Å². The third-order valence-electron chi connectivity index (χ3n) is 5.62. The Kier molecular flexibility index (Phi) is 7.16. The Hall–Kier alpha value is -2.66. The number of ether oxygens (including phenoxy) is 1. The van der Waals surface area contributed by atoms with Crippen molar-refractivity contribution in [2.45, 2.75) is 77.0 Å². The van der Waals surface area contributed by atoms with Gasteiger partial charge in [-0.25, -0.2) is 14.2 Å². The van der Waals surface area contributed by atoms with Crippen molar-refractivity contribution in [2.24, 2.45) is 5.92 Å². The molecule has 1 aliphatic carbocycles. The fourth-order valence-corrected chi connectivity index (χ4v) is 4.21. The standard InChI is InChI=1S/C23H30FN3O4/c1-23(2,3)31-22(29)26-19-6-4-15(5-7-19)12-21(28)27-20(8-9-30-27)17-10-16(14-25)11-18(24)13-17/h10-11,13,15,19-20H,4-9,12H2,1-3H3,(H,26,29)/t15?,19?,20-/m0/s1. The summed E-state index contributed by atoms with van der Waals surface area (Å²) >= 11 is 0. The highest BCUT2D eigenvalue weighted by molar-refractivity contribution is 5.76. The van der Waals surface area contributed by atoms with Gasteiger partial charge in [-0.3, -0.25) is 9.63 Å². The van der Waals surface area contributed by atoms with Gasteiger partial charge in [-0.1, -0.05) is 0 Å². The summed E-state index contributed by atoms with van der Waals surface area (Å²) in [4.78, 5) is 30.4. The lowest BCUT2D eigenvalue weighted by Gasteiger charge is -2.31. The van der Waals surface area contributed by atoms with E-state index in [2.05, 4.69) is 5.32 Å². The molecule has 3 rings (SSSR count). The Morgan fingerprint density at radius 3 is 2.58 bits per heavy atom. The lowest BCUT2D eigenvalue weighted by Crippen LogP contribution is -2.41. The normalized spacial score (nSPS) is 23.8. The van der Waals surface area contributed by atoms with Crippen LogP contribution in [0.5, 0.6) is 0 Å². The summed E-state index contributed by atoms with van der Waals surface area (Å²) < 4.78 is 19.2. The second-order valence-electron chi connectivity index (χ2n) is 9.31. The number of alkyl carbamates (subject to hydrolysis) is 1. The summed E-state index contributed by atoms with van der Waals surface area (Å²) in [6.45, 7) is 5.86. The van der Waals surface area contributed by atoms with Crippen molar-refractivity contribution < 1.29 is 23.6 Å². The van der Waals surface area contributed by atoms with Crippen molar-refractivity contribution >= 4 is 12.0 Å². The maximum Gasteiger partial charge on any atom is 0.407 e. The summed E-state index contributed by atoms with van der Waals surface area (Å²) in [5.74, 6) is -0.422. The number of amides is 2. The molecule has 1 atom stereocenters. The molecule has 0 bridgehead atoms. The van der Waals surface area contributed by atoms with E-state index in [1.807, 2.05) is 26.8 Å². The Morgan fingerprint density at radius 1 is 1.23 bits per heavy atom. The average Bonchev–Trinajstić information content (AvgIpc) is 3.17. The lowest BCUT2D eigenvalue weighted by atomic mass is 9.84. The number of nitrogens with zero attached hydrogens (tertiary/aromatic N) is 2. The van der Waals surface area contributed by atoms with Crippen LogP contribution in [-0.2, 0) is 14.4 Å². The first kappa shape index (κ1) is 23.0. The van der Waals surface area contributed by atoms with Gasteiger partial charge in [0.1, 0.15) is 11.4 Å². The number of hydrogen-bond donors (Lipinski definition) is 1. The SMILES string of the molecule is CC(C)(C)OC(=O)NC1CCC(CC(=O)N2OCC[C@H]2c2cc(F)cc(C#N)c2)CC1. The number of nitriles is 1. The second-order valence-corrected chi connectivity index (χ2v) is 9.31. The molecule has 1 heterocycles. The molecule has 8 heteroatoms. The minimum Gasteiger partial charge on any atom is -0.444 e. The molecule has 2 amide bonds. The topological polar surface area (TPSA) is 91.7 Å². The molecule has 2 aliphatic rings. The second kappa shape index (κ2) is 9.65. The number of carbonyl (C=O) groups is 2. The van der Waals surface area contributed by atoms with E-state index < -0.39 is 17.5 Å². The third-order valence-corrected chi connectivity index (χ3v) is 5.62. The van der Waals surface area contributed by atoms with Gasteiger partial charge in [0.2, 0.25) is 5.91 Å². The van der Waals surface area contributed by atoms with Crippen LogP contribution in [-0.4, -0.2) is 35.3 Å². The zero-order chi connectivity index (χ0) is 22.6. The predicted molar refractivity (Wildman–Crippen MR) is 111 cm³/mol. The van der Waals surface area contributed by atoms with Gasteiger partial charge in [0, 0.05) is 18.9 Å². The Balaban J connectivity index is 1.52. The van der Waals surface area contributed by atoms with Crippen LogP contribution in [0.1, 0.15) is 76.5 Å². The summed E-state index contributed by atoms with van der Waals surface area (Å²) in [7, 11) is 0. The van der Waals surface area contributed by atoms with Crippen LogP contribution in [0, 0.1) is 23.1 Å². The monoisotopic (exact) mass is 431 g/mol. The maximum atomic E-state index is 13.9. The third kappa shape index (κ3) is 6.41. The zero-order valence-electron chi connectivity index (χ0n) is 18.3. The van der Waals surface area contributed by atoms with Gasteiger partial charge < -0.3 is 10.1 Å². The fourth-order valence-electron chi connectivity index (χ4n) is 4.21. The fraction of sp³-hybridized carbons (Fsp3) is 0.609. The molecule has 31 heavy (non-hydrogen) atoms. The first-order chi connectivity index (χ1) is 14.6. The molecule has 1 saturated heterocycles. The van der Waals surface area contributed by atoms with E-state index in [-0.39, 0.29) is 29.5 Å². The van der Waals surface area contributed by atoms with Crippen LogP contribution < -0.4 is 5.32 Å². The van der Waals surface area contributed by atoms with E-state index in [9.17, 15) is 14.0 Å². The minimum absolute atomic E-state index is 0.0497. The van der Waals surface area contributed by atoms with Crippen molar-refractivity contribution in [3.05, 3.63) is 35.1 Å². The van der Waals surface area contributed by atoms with Crippen molar-refractivity contribution in [2.75, 3.05) is 6.61 Å². The molecule has 0 unspecified atom stereocenters. The van der Waals surface area contributed by atoms with E-state index in [1.54, 1.807) is 6.07 Å². The van der Waals surface area contributed by atoms with E-state index in [0.29, 0.717) is 25.0 Å². The molecule has 1 aromatic rings. The molecule has 0 radical (unpaired) electrons. The van der Waals surface area contributed by atoms with Crippen LogP contribution in [0.15, 0.2) is 18.2 Å². The van der Waals surface area contributed by atoms with Crippen molar-refractivity contribution in [3.8, 4) is 6.07 Å². The highest BCUT2D eigenvalue weighted by Gasteiger charge is 2.34. The lowest BCUT2D eigenvalue weighted by molar-refractivity contribution is -0.178. The largest absolute Gasteiger partial charge is 0.444 e. The highest BCUT2D eigenvalue weighted by atomic mass is 19.1. The summed E-state index contributed by atoms with van der Waals surface area (Å²) in [5, 5.41) is 13.3. The predicted octanol–water partition coefficient (Wildman–Crippen LogP) is 4.38. The molecule has 2 fully saturated rings. The number of rotatable bonds is 4. The molecule has 0 spiro atoms. The molecule has 1 aliphatic heterocycles. The number of hydrogen-bond acceptors (Lipinski definition) is 5. The summed E-state index contributed by atoms with van der Waals surface area (Å²) in [5.41, 5.74) is 0.271. The first-order valence-electron chi connectivity index (χ1n) is 10.8. The van der Waals surface area contributed by atoms with Crippen LogP contribution in [0.2, 0.25) is 0 Å². The van der Waals surface area contributed by atoms with Crippen LogP contribution in [0.4, 0.5) is 9.18 Å². The summed E-state index contributed by atoms with van der Waals surface area (Å²) in [6, 6.07) is 5.75. The van der Waals surface area contributed by atoms with Crippen molar-refractivity contribution in [1.82, 2.24) is 10.4 Å². The van der Waals surface area contributed by atoms with Crippen molar-refractivity contribution in [3.63, 3.8) is 0 Å². The van der Waals surface area contributed by atoms with E-state index in [1.165, 1.54) is 17.2 Å². The number of halogens is 1. The highest BCUT2D eigenvalue weighted by Crippen LogP contribution is 2.34. The molecule has 0 aromatic heterocycles. The van der Waals surface area contributed by atoms with E-state index in [4.69, 9.17) is 14.8 Å². The minimum atomic E-state index is -0.532. The molecular weight excluding hydrogens is 401 g/mol. The number of hydroxylamine groups is 2. The van der Waals surface area contributed by atoms with Crippen LogP contribution in [0.3, 0.4) is 0 Å². The first-order valence-corrected chi connectivity index (χ1v) is 10.8. The number of carbonyl (C=O) groups excluding carboxylic acids is 2. The average molecular weight is 432 g/mol. The van der Waals surface area contributed by atoms with Gasteiger partial charge in [-0.05, 0) is 76.1 Å². The van der Waals surface area contributed by atoms with Gasteiger partial charge in [-0.15, -0.1) is 0 Å².